The molecule has 0 radical (unpaired) electrons. The van der Waals surface area contributed by atoms with Gasteiger partial charge in [0.1, 0.15) is 5.75 Å². The van der Waals surface area contributed by atoms with Gasteiger partial charge in [-0.05, 0) is 31.2 Å². The molecule has 152 valence electrons. The van der Waals surface area contributed by atoms with Crippen molar-refractivity contribution in [2.24, 2.45) is 0 Å². The summed E-state index contributed by atoms with van der Waals surface area (Å²) in [4.78, 5) is 16.5. The van der Waals surface area contributed by atoms with Gasteiger partial charge in [-0.15, -0.1) is 11.3 Å². The largest absolute Gasteiger partial charge is 0.484 e. The van der Waals surface area contributed by atoms with Crippen LogP contribution < -0.4 is 14.4 Å². The molecule has 0 bridgehead atoms. The Morgan fingerprint density at radius 1 is 1.14 bits per heavy atom. The second-order valence-corrected chi connectivity index (χ2v) is 9.34. The van der Waals surface area contributed by atoms with E-state index in [0.717, 1.165) is 17.4 Å². The molecule has 29 heavy (non-hydrogen) atoms. The second-order valence-electron chi connectivity index (χ2n) is 6.47. The minimum atomic E-state index is -3.31. The molecule has 0 atom stereocenters. The summed E-state index contributed by atoms with van der Waals surface area (Å²) < 4.78 is 29.9. The molecule has 1 heterocycles. The van der Waals surface area contributed by atoms with E-state index in [4.69, 9.17) is 4.74 Å². The van der Waals surface area contributed by atoms with E-state index in [0.29, 0.717) is 22.3 Å². The number of rotatable bonds is 7. The maximum absolute atomic E-state index is 12.1. The summed E-state index contributed by atoms with van der Waals surface area (Å²) in [5.41, 5.74) is 3.20. The van der Waals surface area contributed by atoms with E-state index in [1.807, 2.05) is 36.6 Å². The fourth-order valence-electron chi connectivity index (χ4n) is 2.44. The number of hydrogen-bond acceptors (Lipinski definition) is 6. The van der Waals surface area contributed by atoms with Crippen molar-refractivity contribution >= 4 is 38.1 Å². The lowest BCUT2D eigenvalue weighted by Crippen LogP contribution is -2.24. The number of aryl methyl sites for hydroxylation is 1. The molecule has 2 aromatic carbocycles. The number of benzene rings is 2. The minimum absolute atomic E-state index is 0.107. The Labute approximate surface area is 174 Å². The predicted octanol–water partition coefficient (Wildman–Crippen LogP) is 3.53. The van der Waals surface area contributed by atoms with Crippen LogP contribution in [0.2, 0.25) is 0 Å². The molecule has 9 heteroatoms. The summed E-state index contributed by atoms with van der Waals surface area (Å²) in [7, 11) is -1.81. The Morgan fingerprint density at radius 3 is 2.41 bits per heavy atom. The number of carbonyl (C=O) groups excluding carboxylic acids is 1. The molecule has 0 aliphatic heterocycles. The molecule has 0 saturated heterocycles. The summed E-state index contributed by atoms with van der Waals surface area (Å²) in [6, 6.07) is 14.5. The van der Waals surface area contributed by atoms with Crippen LogP contribution in [0.1, 0.15) is 5.56 Å². The zero-order valence-corrected chi connectivity index (χ0v) is 17.9. The van der Waals surface area contributed by atoms with Crippen molar-refractivity contribution in [1.29, 1.82) is 0 Å². The first kappa shape index (κ1) is 20.8. The van der Waals surface area contributed by atoms with Crippen molar-refractivity contribution in [3.63, 3.8) is 0 Å². The lowest BCUT2D eigenvalue weighted by molar-refractivity contribution is -0.118. The first-order valence-electron chi connectivity index (χ1n) is 8.71. The zero-order chi connectivity index (χ0) is 21.0. The average molecular weight is 432 g/mol. The van der Waals surface area contributed by atoms with E-state index < -0.39 is 10.0 Å². The van der Waals surface area contributed by atoms with Gasteiger partial charge in [0, 0.05) is 18.0 Å². The lowest BCUT2D eigenvalue weighted by Gasteiger charge is -2.16. The van der Waals surface area contributed by atoms with Crippen molar-refractivity contribution in [3.05, 3.63) is 59.5 Å². The molecule has 0 spiro atoms. The summed E-state index contributed by atoms with van der Waals surface area (Å²) in [6.07, 6.45) is 1.15. The molecule has 1 amide bonds. The number of thiazole rings is 1. The van der Waals surface area contributed by atoms with Crippen LogP contribution in [0.4, 0.5) is 10.8 Å². The van der Waals surface area contributed by atoms with Crippen LogP contribution in [0.15, 0.2) is 53.9 Å². The van der Waals surface area contributed by atoms with Crippen molar-refractivity contribution in [1.82, 2.24) is 4.98 Å². The smallest absolute Gasteiger partial charge is 0.264 e. The molecule has 0 unspecified atom stereocenters. The van der Waals surface area contributed by atoms with Crippen LogP contribution >= 0.6 is 11.3 Å². The predicted molar refractivity (Wildman–Crippen MR) is 116 cm³/mol. The van der Waals surface area contributed by atoms with Gasteiger partial charge in [-0.1, -0.05) is 29.8 Å². The topological polar surface area (TPSA) is 88.6 Å². The van der Waals surface area contributed by atoms with E-state index in [-0.39, 0.29) is 12.5 Å². The first-order chi connectivity index (χ1) is 13.7. The summed E-state index contributed by atoms with van der Waals surface area (Å²) in [6.45, 7) is 1.87. The van der Waals surface area contributed by atoms with E-state index in [2.05, 4.69) is 10.3 Å². The Bertz CT molecular complexity index is 1090. The molecule has 0 aliphatic carbocycles. The molecule has 1 N–H and O–H groups in total. The Hall–Kier alpha value is -2.91. The monoisotopic (exact) mass is 431 g/mol. The van der Waals surface area contributed by atoms with Gasteiger partial charge in [-0.2, -0.15) is 0 Å². The number of nitrogens with zero attached hydrogens (tertiary/aromatic N) is 2. The molecule has 1 aromatic heterocycles. The highest BCUT2D eigenvalue weighted by atomic mass is 32.2. The zero-order valence-electron chi connectivity index (χ0n) is 16.2. The number of carbonyl (C=O) groups is 1. The van der Waals surface area contributed by atoms with Crippen molar-refractivity contribution in [2.45, 2.75) is 6.92 Å². The minimum Gasteiger partial charge on any atom is -0.484 e. The summed E-state index contributed by atoms with van der Waals surface area (Å²) >= 11 is 1.31. The SMILES string of the molecule is Cc1ccc(OCC(=O)Nc2nc(-c3ccc(N(C)S(C)(=O)=O)cc3)cs2)cc1. The highest BCUT2D eigenvalue weighted by molar-refractivity contribution is 7.92. The van der Waals surface area contributed by atoms with E-state index in [1.165, 1.54) is 22.7 Å². The van der Waals surface area contributed by atoms with Crippen molar-refractivity contribution in [2.75, 3.05) is 29.5 Å². The molecule has 3 rings (SSSR count). The fourth-order valence-corrected chi connectivity index (χ4v) is 3.68. The quantitative estimate of drug-likeness (QED) is 0.618. The van der Waals surface area contributed by atoms with Crippen LogP contribution in [-0.4, -0.2) is 39.2 Å². The normalized spacial score (nSPS) is 11.1. The third-order valence-electron chi connectivity index (χ3n) is 4.17. The van der Waals surface area contributed by atoms with Gasteiger partial charge in [0.05, 0.1) is 17.6 Å². The molecule has 0 aliphatic rings. The Kier molecular flexibility index (Phi) is 6.19. The van der Waals surface area contributed by atoms with E-state index >= 15 is 0 Å². The number of sulfonamides is 1. The van der Waals surface area contributed by atoms with Crippen LogP contribution in [-0.2, 0) is 14.8 Å². The summed E-state index contributed by atoms with van der Waals surface area (Å²) in [5, 5.41) is 5.01. The van der Waals surface area contributed by atoms with Gasteiger partial charge in [-0.3, -0.25) is 14.4 Å². The van der Waals surface area contributed by atoms with Gasteiger partial charge < -0.3 is 4.74 Å². The number of nitrogens with one attached hydrogen (secondary N) is 1. The molecular formula is C20H21N3O4S2. The van der Waals surface area contributed by atoms with Gasteiger partial charge in [0.15, 0.2) is 11.7 Å². The molecule has 0 saturated carbocycles. The number of ether oxygens (including phenoxy) is 1. The molecule has 0 fully saturated rings. The van der Waals surface area contributed by atoms with Crippen LogP contribution in [0, 0.1) is 6.92 Å². The second kappa shape index (κ2) is 8.62. The maximum Gasteiger partial charge on any atom is 0.264 e. The third kappa shape index (κ3) is 5.55. The Balaban J connectivity index is 1.60. The highest BCUT2D eigenvalue weighted by Crippen LogP contribution is 2.27. The molecule has 7 nitrogen and oxygen atoms in total. The standard InChI is InChI=1S/C20H21N3O4S2/c1-14-4-10-17(11-5-14)27-12-19(24)22-20-21-18(13-28-20)15-6-8-16(9-7-15)23(2)29(3,25)26/h4-11,13H,12H2,1-3H3,(H,21,22,24). The van der Waals surface area contributed by atoms with E-state index in [1.54, 1.807) is 24.3 Å². The van der Waals surface area contributed by atoms with E-state index in [9.17, 15) is 13.2 Å². The first-order valence-corrected chi connectivity index (χ1v) is 11.4. The molecule has 3 aromatic rings. The van der Waals surface area contributed by atoms with Crippen molar-refractivity contribution < 1.29 is 17.9 Å². The van der Waals surface area contributed by atoms with Gasteiger partial charge in [0.25, 0.3) is 5.91 Å². The third-order valence-corrected chi connectivity index (χ3v) is 6.13. The molecular weight excluding hydrogens is 410 g/mol. The number of amides is 1. The van der Waals surface area contributed by atoms with Crippen LogP contribution in [0.3, 0.4) is 0 Å². The maximum atomic E-state index is 12.1. The number of aromatic nitrogens is 1. The van der Waals surface area contributed by atoms with Crippen LogP contribution in [0.25, 0.3) is 11.3 Å². The fraction of sp³-hybridized carbons (Fsp3) is 0.200. The van der Waals surface area contributed by atoms with Crippen molar-refractivity contribution in [3.8, 4) is 17.0 Å². The van der Waals surface area contributed by atoms with Gasteiger partial charge in [0.2, 0.25) is 10.0 Å². The Morgan fingerprint density at radius 2 is 1.79 bits per heavy atom. The average Bonchev–Trinajstić information content (AvgIpc) is 3.15. The van der Waals surface area contributed by atoms with Crippen LogP contribution in [0.5, 0.6) is 5.75 Å². The highest BCUT2D eigenvalue weighted by Gasteiger charge is 2.13. The lowest BCUT2D eigenvalue weighted by atomic mass is 10.1. The van der Waals surface area contributed by atoms with Gasteiger partial charge in [-0.25, -0.2) is 13.4 Å². The number of hydrogen-bond donors (Lipinski definition) is 1. The summed E-state index contributed by atoms with van der Waals surface area (Å²) in [5.74, 6) is 0.335. The number of anilines is 2. The van der Waals surface area contributed by atoms with Gasteiger partial charge >= 0.3 is 0 Å².